The van der Waals surface area contributed by atoms with Crippen LogP contribution in [0.3, 0.4) is 0 Å². The predicted octanol–water partition coefficient (Wildman–Crippen LogP) is 2.97. The zero-order chi connectivity index (χ0) is 18.5. The molecule has 0 spiro atoms. The van der Waals surface area contributed by atoms with Crippen LogP contribution in [0.5, 0.6) is 0 Å². The summed E-state index contributed by atoms with van der Waals surface area (Å²) < 4.78 is 34.4. The molecule has 1 saturated carbocycles. The molecule has 2 heterocycles. The van der Waals surface area contributed by atoms with Crippen LogP contribution in [0, 0.1) is 23.5 Å². The van der Waals surface area contributed by atoms with Gasteiger partial charge < -0.3 is 10.1 Å². The van der Waals surface area contributed by atoms with Gasteiger partial charge in [0.15, 0.2) is 11.5 Å². The van der Waals surface area contributed by atoms with Crippen LogP contribution in [-0.2, 0) is 11.2 Å². The summed E-state index contributed by atoms with van der Waals surface area (Å²) in [6.45, 7) is 2.07. The van der Waals surface area contributed by atoms with Crippen LogP contribution in [0.25, 0.3) is 5.69 Å². The summed E-state index contributed by atoms with van der Waals surface area (Å²) in [5.41, 5.74) is 2.43. The molecule has 0 bridgehead atoms. The second kappa shape index (κ2) is 6.41. The van der Waals surface area contributed by atoms with E-state index in [1.165, 1.54) is 16.8 Å². The van der Waals surface area contributed by atoms with Crippen molar-refractivity contribution in [2.45, 2.75) is 31.6 Å². The largest absolute Gasteiger partial charge is 0.381 e. The molecule has 3 aliphatic rings. The Morgan fingerprint density at radius 1 is 1.30 bits per heavy atom. The zero-order valence-electron chi connectivity index (χ0n) is 14.9. The van der Waals surface area contributed by atoms with Crippen LogP contribution < -0.4 is 5.32 Å². The first kappa shape index (κ1) is 16.9. The number of halogens is 2. The standard InChI is InChI=1S/C20H21F2N3O2/c21-13-1-2-16(15(22)9-13)25-17-8-12-7-14(12)18(17)19(24-25)20(26)23-10-11-3-5-27-6-4-11/h1-2,9,11-12,14H,3-8,10H2,(H,23,26). The molecule has 1 aliphatic heterocycles. The van der Waals surface area contributed by atoms with E-state index >= 15 is 0 Å². The maximum Gasteiger partial charge on any atom is 0.272 e. The average molecular weight is 373 g/mol. The van der Waals surface area contributed by atoms with E-state index in [4.69, 9.17) is 4.74 Å². The Balaban J connectivity index is 1.44. The number of fused-ring (bicyclic) bond motifs is 3. The molecular formula is C20H21F2N3O2. The van der Waals surface area contributed by atoms with E-state index in [1.807, 2.05) is 0 Å². The monoisotopic (exact) mass is 373 g/mol. The minimum atomic E-state index is -0.671. The number of nitrogens with one attached hydrogen (secondary N) is 1. The fourth-order valence-electron chi connectivity index (χ4n) is 4.42. The number of benzene rings is 1. The molecule has 1 N–H and O–H groups in total. The molecule has 1 aromatic carbocycles. The SMILES string of the molecule is O=C(NCC1CCOCC1)c1nn(-c2ccc(F)cc2F)c2c1C1CC1C2. The van der Waals surface area contributed by atoms with Gasteiger partial charge in [0.05, 0.1) is 0 Å². The fraction of sp³-hybridized carbons (Fsp3) is 0.500. The van der Waals surface area contributed by atoms with Crippen LogP contribution in [0.1, 0.15) is 46.9 Å². The van der Waals surface area contributed by atoms with E-state index in [0.717, 1.165) is 56.2 Å². The molecule has 142 valence electrons. The van der Waals surface area contributed by atoms with Crippen LogP contribution in [0.2, 0.25) is 0 Å². The van der Waals surface area contributed by atoms with Gasteiger partial charge in [-0.25, -0.2) is 13.5 Å². The molecule has 2 atom stereocenters. The molecule has 2 fully saturated rings. The van der Waals surface area contributed by atoms with E-state index in [2.05, 4.69) is 10.4 Å². The molecule has 2 aliphatic carbocycles. The third-order valence-corrected chi connectivity index (χ3v) is 6.02. The number of nitrogens with zero attached hydrogens (tertiary/aromatic N) is 2. The van der Waals surface area contributed by atoms with Gasteiger partial charge in [0.25, 0.3) is 5.91 Å². The second-order valence-electron chi connectivity index (χ2n) is 7.79. The van der Waals surface area contributed by atoms with Crippen molar-refractivity contribution in [2.75, 3.05) is 19.8 Å². The smallest absolute Gasteiger partial charge is 0.272 e. The summed E-state index contributed by atoms with van der Waals surface area (Å²) in [6.07, 6.45) is 3.73. The van der Waals surface area contributed by atoms with Crippen LogP contribution in [0.15, 0.2) is 18.2 Å². The lowest BCUT2D eigenvalue weighted by atomic mass is 10.0. The van der Waals surface area contributed by atoms with Crippen LogP contribution in [0.4, 0.5) is 8.78 Å². The summed E-state index contributed by atoms with van der Waals surface area (Å²) in [5, 5.41) is 7.45. The number of aromatic nitrogens is 2. The van der Waals surface area contributed by atoms with Gasteiger partial charge in [-0.3, -0.25) is 4.79 Å². The molecule has 0 radical (unpaired) electrons. The summed E-state index contributed by atoms with van der Waals surface area (Å²) in [4.78, 5) is 12.8. The molecule has 1 saturated heterocycles. The van der Waals surface area contributed by atoms with E-state index in [0.29, 0.717) is 30.0 Å². The summed E-state index contributed by atoms with van der Waals surface area (Å²) in [5.74, 6) is -0.212. The Morgan fingerprint density at radius 3 is 2.89 bits per heavy atom. The average Bonchev–Trinajstić information content (AvgIpc) is 3.17. The van der Waals surface area contributed by atoms with Crippen molar-refractivity contribution < 1.29 is 18.3 Å². The highest BCUT2D eigenvalue weighted by molar-refractivity contribution is 5.94. The Labute approximate surface area is 155 Å². The van der Waals surface area contributed by atoms with Crippen molar-refractivity contribution in [1.82, 2.24) is 15.1 Å². The van der Waals surface area contributed by atoms with Gasteiger partial charge in [0, 0.05) is 37.1 Å². The predicted molar refractivity (Wildman–Crippen MR) is 93.9 cm³/mol. The van der Waals surface area contributed by atoms with Crippen molar-refractivity contribution in [1.29, 1.82) is 0 Å². The van der Waals surface area contributed by atoms with E-state index < -0.39 is 11.6 Å². The number of carbonyl (C=O) groups excluding carboxylic acids is 1. The number of hydrogen-bond acceptors (Lipinski definition) is 3. The molecular weight excluding hydrogens is 352 g/mol. The van der Waals surface area contributed by atoms with E-state index in [9.17, 15) is 13.6 Å². The summed E-state index contributed by atoms with van der Waals surface area (Å²) in [7, 11) is 0. The van der Waals surface area contributed by atoms with Gasteiger partial charge >= 0.3 is 0 Å². The summed E-state index contributed by atoms with van der Waals surface area (Å²) in [6, 6.07) is 3.45. The first-order valence-corrected chi connectivity index (χ1v) is 9.55. The number of ether oxygens (including phenoxy) is 1. The van der Waals surface area contributed by atoms with Gasteiger partial charge in [-0.2, -0.15) is 5.10 Å². The minimum Gasteiger partial charge on any atom is -0.381 e. The number of hydrogen-bond donors (Lipinski definition) is 1. The third-order valence-electron chi connectivity index (χ3n) is 6.02. The Morgan fingerprint density at radius 2 is 2.11 bits per heavy atom. The fourth-order valence-corrected chi connectivity index (χ4v) is 4.42. The van der Waals surface area contributed by atoms with Crippen molar-refractivity contribution in [3.05, 3.63) is 46.8 Å². The first-order chi connectivity index (χ1) is 13.1. The lowest BCUT2D eigenvalue weighted by Crippen LogP contribution is -2.32. The molecule has 7 heteroatoms. The first-order valence-electron chi connectivity index (χ1n) is 9.55. The Hall–Kier alpha value is -2.28. The Kier molecular flexibility index (Phi) is 4.00. The number of rotatable bonds is 4. The quantitative estimate of drug-likeness (QED) is 0.897. The van der Waals surface area contributed by atoms with Crippen molar-refractivity contribution in [2.24, 2.45) is 11.8 Å². The minimum absolute atomic E-state index is 0.192. The highest BCUT2D eigenvalue weighted by Gasteiger charge is 2.50. The van der Waals surface area contributed by atoms with Gasteiger partial charge in [-0.1, -0.05) is 0 Å². The topological polar surface area (TPSA) is 56.1 Å². The summed E-state index contributed by atoms with van der Waals surface area (Å²) >= 11 is 0. The Bertz CT molecular complexity index is 905. The number of carbonyl (C=O) groups is 1. The molecule has 5 rings (SSSR count). The molecule has 27 heavy (non-hydrogen) atoms. The van der Waals surface area contributed by atoms with Gasteiger partial charge in [-0.15, -0.1) is 0 Å². The molecule has 1 amide bonds. The van der Waals surface area contributed by atoms with Crippen molar-refractivity contribution in [3.8, 4) is 5.69 Å². The van der Waals surface area contributed by atoms with Gasteiger partial charge in [-0.05, 0) is 55.6 Å². The van der Waals surface area contributed by atoms with Gasteiger partial charge in [0.1, 0.15) is 11.5 Å². The maximum atomic E-state index is 14.3. The molecule has 5 nitrogen and oxygen atoms in total. The highest BCUT2D eigenvalue weighted by Crippen LogP contribution is 2.57. The lowest BCUT2D eigenvalue weighted by Gasteiger charge is -2.22. The third kappa shape index (κ3) is 2.94. The lowest BCUT2D eigenvalue weighted by molar-refractivity contribution is 0.0642. The van der Waals surface area contributed by atoms with Gasteiger partial charge in [0.2, 0.25) is 0 Å². The van der Waals surface area contributed by atoms with Crippen molar-refractivity contribution >= 4 is 5.91 Å². The van der Waals surface area contributed by atoms with E-state index in [1.54, 1.807) is 0 Å². The normalized spacial score (nSPS) is 23.8. The molecule has 1 aromatic heterocycles. The highest BCUT2D eigenvalue weighted by atomic mass is 19.1. The van der Waals surface area contributed by atoms with E-state index in [-0.39, 0.29) is 11.6 Å². The van der Waals surface area contributed by atoms with Crippen LogP contribution in [-0.4, -0.2) is 35.4 Å². The maximum absolute atomic E-state index is 14.3. The second-order valence-corrected chi connectivity index (χ2v) is 7.79. The molecule has 2 unspecified atom stereocenters. The molecule has 2 aromatic rings. The zero-order valence-corrected chi connectivity index (χ0v) is 14.9. The number of amides is 1. The van der Waals surface area contributed by atoms with Crippen molar-refractivity contribution in [3.63, 3.8) is 0 Å². The van der Waals surface area contributed by atoms with Crippen LogP contribution >= 0.6 is 0 Å².